The fraction of sp³-hybridized carbons (Fsp3) is 0.500. The summed E-state index contributed by atoms with van der Waals surface area (Å²) < 4.78 is 11.7. The number of quaternary nitrogens is 1. The van der Waals surface area contributed by atoms with Crippen molar-refractivity contribution in [3.05, 3.63) is 39.6 Å². The van der Waals surface area contributed by atoms with Crippen molar-refractivity contribution in [2.45, 2.75) is 45.3 Å². The van der Waals surface area contributed by atoms with E-state index in [0.29, 0.717) is 22.3 Å². The topological polar surface area (TPSA) is 51.9 Å². The molecule has 4 nitrogen and oxygen atoms in total. The Hall–Kier alpha value is -0.780. The summed E-state index contributed by atoms with van der Waals surface area (Å²) in [4.78, 5) is 0. The lowest BCUT2D eigenvalue weighted by Crippen LogP contribution is -3.00. The molecule has 1 aromatic heterocycles. The third-order valence-corrected chi connectivity index (χ3v) is 5.11. The summed E-state index contributed by atoms with van der Waals surface area (Å²) in [5, 5.41) is 7.73. The lowest BCUT2D eigenvalue weighted by molar-refractivity contribution is -0.653. The molecule has 0 aliphatic carbocycles. The lowest BCUT2D eigenvalue weighted by atomic mass is 10.1. The van der Waals surface area contributed by atoms with Gasteiger partial charge in [-0.3, -0.25) is 0 Å². The molecule has 0 spiro atoms. The second-order valence-electron chi connectivity index (χ2n) is 6.11. The van der Waals surface area contributed by atoms with Gasteiger partial charge in [-0.15, -0.1) is 0 Å². The average Bonchev–Trinajstić information content (AvgIpc) is 2.79. The molecule has 7 heteroatoms. The minimum atomic E-state index is 0. The molecule has 1 saturated heterocycles. The Balaban J connectivity index is 0.00000225. The van der Waals surface area contributed by atoms with Gasteiger partial charge in [0, 0.05) is 24.0 Å². The number of rotatable bonds is 5. The smallest absolute Gasteiger partial charge is 0.142 e. The van der Waals surface area contributed by atoms with Gasteiger partial charge in [-0.25, -0.2) is 0 Å². The summed E-state index contributed by atoms with van der Waals surface area (Å²) >= 11 is 12.7. The van der Waals surface area contributed by atoms with Crippen LogP contribution in [0.15, 0.2) is 22.7 Å². The largest absolute Gasteiger partial charge is 1.00 e. The highest BCUT2D eigenvalue weighted by atomic mass is 35.5. The maximum atomic E-state index is 6.35. The van der Waals surface area contributed by atoms with Crippen LogP contribution in [0.1, 0.15) is 37.5 Å². The standard InChI is InChI=1S/C18H22Cl2N2O2.ClH/c1-2-16-13(11-23-12-5-4-9-21-10-8-12)18(22-24-16)17-14(19)6-3-7-15(17)20;/h3,6-7,12,21H,2,4-5,8-11H2,1H3;1H. The monoisotopic (exact) mass is 404 g/mol. The Bertz CT molecular complexity index is 663. The van der Waals surface area contributed by atoms with Gasteiger partial charge in [0.05, 0.1) is 35.8 Å². The molecule has 1 aliphatic rings. The van der Waals surface area contributed by atoms with E-state index in [-0.39, 0.29) is 18.5 Å². The number of nitrogens with zero attached hydrogens (tertiary/aromatic N) is 1. The summed E-state index contributed by atoms with van der Waals surface area (Å²) in [6, 6.07) is 5.46. The molecule has 1 atom stereocenters. The Morgan fingerprint density at radius 3 is 2.72 bits per heavy atom. The van der Waals surface area contributed by atoms with Gasteiger partial charge < -0.3 is 27.0 Å². The summed E-state index contributed by atoms with van der Waals surface area (Å²) in [7, 11) is 0. The number of nitrogens with two attached hydrogens (primary N) is 1. The minimum Gasteiger partial charge on any atom is -1.00 e. The van der Waals surface area contributed by atoms with Gasteiger partial charge in [-0.05, 0) is 25.0 Å². The van der Waals surface area contributed by atoms with Crippen molar-refractivity contribution in [2.75, 3.05) is 13.1 Å². The van der Waals surface area contributed by atoms with E-state index in [2.05, 4.69) is 10.5 Å². The SMILES string of the molecule is CCc1onc(-c2c(Cl)cccc2Cl)c1COC1CCC[NH2+]CC1.[Cl-]. The van der Waals surface area contributed by atoms with Crippen molar-refractivity contribution in [1.29, 1.82) is 0 Å². The van der Waals surface area contributed by atoms with Crippen molar-refractivity contribution >= 4 is 23.2 Å². The fourth-order valence-electron chi connectivity index (χ4n) is 3.14. The van der Waals surface area contributed by atoms with Crippen LogP contribution in [-0.2, 0) is 17.8 Å². The van der Waals surface area contributed by atoms with E-state index in [9.17, 15) is 0 Å². The highest BCUT2D eigenvalue weighted by Gasteiger charge is 2.22. The highest BCUT2D eigenvalue weighted by molar-refractivity contribution is 6.39. The van der Waals surface area contributed by atoms with E-state index < -0.39 is 0 Å². The van der Waals surface area contributed by atoms with Crippen molar-refractivity contribution in [2.24, 2.45) is 0 Å². The predicted octanol–water partition coefficient (Wildman–Crippen LogP) is 0.847. The normalized spacial score (nSPS) is 17.8. The molecular weight excluding hydrogens is 383 g/mol. The first-order valence-corrected chi connectivity index (χ1v) is 9.31. The van der Waals surface area contributed by atoms with E-state index in [1.54, 1.807) is 0 Å². The van der Waals surface area contributed by atoms with E-state index in [1.807, 2.05) is 25.1 Å². The third-order valence-electron chi connectivity index (χ3n) is 4.48. The van der Waals surface area contributed by atoms with Crippen molar-refractivity contribution in [3.8, 4) is 11.3 Å². The van der Waals surface area contributed by atoms with Crippen LogP contribution in [0.3, 0.4) is 0 Å². The molecule has 3 rings (SSSR count). The number of hydrogen-bond donors (Lipinski definition) is 1. The van der Waals surface area contributed by atoms with Crippen molar-refractivity contribution < 1.29 is 27.0 Å². The molecule has 2 heterocycles. The molecular formula is C18H23Cl3N2O2. The number of halogens is 3. The van der Waals surface area contributed by atoms with Crippen LogP contribution >= 0.6 is 23.2 Å². The summed E-state index contributed by atoms with van der Waals surface area (Å²) in [6.45, 7) is 4.84. The van der Waals surface area contributed by atoms with Gasteiger partial charge in [-0.2, -0.15) is 0 Å². The number of hydrogen-bond acceptors (Lipinski definition) is 3. The summed E-state index contributed by atoms with van der Waals surface area (Å²) in [5.74, 6) is 0.834. The Kier molecular flexibility index (Phi) is 8.04. The molecule has 1 aliphatic heterocycles. The first-order chi connectivity index (χ1) is 11.7. The first kappa shape index (κ1) is 20.5. The zero-order valence-corrected chi connectivity index (χ0v) is 16.5. The number of ether oxygens (including phenoxy) is 1. The minimum absolute atomic E-state index is 0. The van der Waals surface area contributed by atoms with Gasteiger partial charge in [0.1, 0.15) is 11.5 Å². The maximum Gasteiger partial charge on any atom is 0.142 e. The maximum absolute atomic E-state index is 6.35. The molecule has 138 valence electrons. The van der Waals surface area contributed by atoms with E-state index in [4.69, 9.17) is 32.5 Å². The van der Waals surface area contributed by atoms with E-state index >= 15 is 0 Å². The first-order valence-electron chi connectivity index (χ1n) is 8.55. The summed E-state index contributed by atoms with van der Waals surface area (Å²) in [6.07, 6.45) is 4.42. The molecule has 1 fully saturated rings. The van der Waals surface area contributed by atoms with Gasteiger partial charge in [0.2, 0.25) is 0 Å². The van der Waals surface area contributed by atoms with Crippen LogP contribution in [0.5, 0.6) is 0 Å². The molecule has 1 unspecified atom stereocenters. The Morgan fingerprint density at radius 1 is 1.24 bits per heavy atom. The van der Waals surface area contributed by atoms with Crippen LogP contribution in [0.4, 0.5) is 0 Å². The van der Waals surface area contributed by atoms with Crippen LogP contribution in [0.25, 0.3) is 11.3 Å². The van der Waals surface area contributed by atoms with Crippen molar-refractivity contribution in [3.63, 3.8) is 0 Å². The zero-order chi connectivity index (χ0) is 16.9. The van der Waals surface area contributed by atoms with Gasteiger partial charge in [0.25, 0.3) is 0 Å². The van der Waals surface area contributed by atoms with Crippen molar-refractivity contribution in [1.82, 2.24) is 5.16 Å². The second kappa shape index (κ2) is 9.79. The van der Waals surface area contributed by atoms with Crippen LogP contribution in [-0.4, -0.2) is 24.4 Å². The molecule has 25 heavy (non-hydrogen) atoms. The molecule has 2 N–H and O–H groups in total. The van der Waals surface area contributed by atoms with Gasteiger partial charge >= 0.3 is 0 Å². The molecule has 2 aromatic rings. The second-order valence-corrected chi connectivity index (χ2v) is 6.93. The highest BCUT2D eigenvalue weighted by Crippen LogP contribution is 2.37. The quantitative estimate of drug-likeness (QED) is 0.802. The number of benzene rings is 1. The Labute approximate surface area is 164 Å². The molecule has 0 saturated carbocycles. The van der Waals surface area contributed by atoms with Crippen LogP contribution in [0.2, 0.25) is 10.0 Å². The zero-order valence-electron chi connectivity index (χ0n) is 14.2. The van der Waals surface area contributed by atoms with Gasteiger partial charge in [-0.1, -0.05) is 41.3 Å². The molecule has 0 bridgehead atoms. The van der Waals surface area contributed by atoms with Crippen LogP contribution in [0, 0.1) is 0 Å². The van der Waals surface area contributed by atoms with Gasteiger partial charge in [0.15, 0.2) is 0 Å². The lowest BCUT2D eigenvalue weighted by Gasteiger charge is -2.15. The third kappa shape index (κ3) is 4.89. The Morgan fingerprint density at radius 2 is 2.00 bits per heavy atom. The average molecular weight is 406 g/mol. The fourth-order valence-corrected chi connectivity index (χ4v) is 3.72. The predicted molar refractivity (Wildman–Crippen MR) is 95.4 cm³/mol. The number of aryl methyl sites for hydroxylation is 1. The molecule has 1 aromatic carbocycles. The summed E-state index contributed by atoms with van der Waals surface area (Å²) in [5.41, 5.74) is 2.38. The number of aromatic nitrogens is 1. The van der Waals surface area contributed by atoms with E-state index in [1.165, 1.54) is 13.0 Å². The van der Waals surface area contributed by atoms with Crippen LogP contribution < -0.4 is 17.7 Å². The van der Waals surface area contributed by atoms with E-state index in [0.717, 1.165) is 42.7 Å². The molecule has 0 amide bonds. The molecule has 0 radical (unpaired) electrons.